The quantitative estimate of drug-likeness (QED) is 0.665. The van der Waals surface area contributed by atoms with Gasteiger partial charge in [-0.15, -0.1) is 0 Å². The van der Waals surface area contributed by atoms with Crippen molar-refractivity contribution in [2.75, 3.05) is 32.8 Å². The van der Waals surface area contributed by atoms with Crippen molar-refractivity contribution in [3.63, 3.8) is 0 Å². The number of aromatic nitrogens is 1. The molecule has 21 heavy (non-hydrogen) atoms. The standard InChI is InChI=1S/C15H19FN4O/c16-12-1-2-13-11(10-19-14(13)9-12)3-4-18-15(17)20-5-7-21-8-6-20/h1-2,9-10,19H,3-8H2,(H2,17,18). The van der Waals surface area contributed by atoms with Crippen molar-refractivity contribution >= 4 is 16.9 Å². The van der Waals surface area contributed by atoms with Crippen LogP contribution < -0.4 is 5.73 Å². The van der Waals surface area contributed by atoms with E-state index in [9.17, 15) is 4.39 Å². The Balaban J connectivity index is 1.63. The number of hydrogen-bond donors (Lipinski definition) is 2. The lowest BCUT2D eigenvalue weighted by Gasteiger charge is -2.27. The third kappa shape index (κ3) is 3.16. The van der Waals surface area contributed by atoms with Crippen LogP contribution in [0.25, 0.3) is 10.9 Å². The van der Waals surface area contributed by atoms with Gasteiger partial charge < -0.3 is 20.4 Å². The van der Waals surface area contributed by atoms with Crippen molar-refractivity contribution < 1.29 is 9.13 Å². The summed E-state index contributed by atoms with van der Waals surface area (Å²) in [6.45, 7) is 3.60. The number of guanidine groups is 1. The van der Waals surface area contributed by atoms with E-state index in [1.165, 1.54) is 12.1 Å². The largest absolute Gasteiger partial charge is 0.378 e. The first-order valence-electron chi connectivity index (χ1n) is 7.12. The topological polar surface area (TPSA) is 66.6 Å². The fourth-order valence-electron chi connectivity index (χ4n) is 2.55. The Morgan fingerprint density at radius 2 is 2.19 bits per heavy atom. The van der Waals surface area contributed by atoms with Gasteiger partial charge in [0, 0.05) is 36.7 Å². The van der Waals surface area contributed by atoms with Gasteiger partial charge in [0.25, 0.3) is 0 Å². The van der Waals surface area contributed by atoms with Crippen molar-refractivity contribution in [1.29, 1.82) is 0 Å². The molecule has 1 aliphatic rings. The maximum atomic E-state index is 13.1. The molecule has 0 atom stereocenters. The molecular formula is C15H19FN4O. The van der Waals surface area contributed by atoms with Crippen LogP contribution in [0.2, 0.25) is 0 Å². The number of rotatable bonds is 3. The molecule has 0 spiro atoms. The summed E-state index contributed by atoms with van der Waals surface area (Å²) in [5.41, 5.74) is 7.93. The van der Waals surface area contributed by atoms with Crippen LogP contribution in [0.3, 0.4) is 0 Å². The molecule has 0 unspecified atom stereocenters. The molecule has 1 fully saturated rings. The number of nitrogens with zero attached hydrogens (tertiary/aromatic N) is 2. The molecule has 0 saturated carbocycles. The first kappa shape index (κ1) is 13.9. The second kappa shape index (κ2) is 6.13. The minimum atomic E-state index is -0.231. The summed E-state index contributed by atoms with van der Waals surface area (Å²) in [5, 5.41) is 1.04. The summed E-state index contributed by atoms with van der Waals surface area (Å²) < 4.78 is 18.4. The highest BCUT2D eigenvalue weighted by Crippen LogP contribution is 2.19. The Labute approximate surface area is 122 Å². The van der Waals surface area contributed by atoms with Gasteiger partial charge in [0.1, 0.15) is 5.82 Å². The highest BCUT2D eigenvalue weighted by molar-refractivity contribution is 5.83. The van der Waals surface area contributed by atoms with E-state index in [0.29, 0.717) is 25.7 Å². The number of halogens is 1. The van der Waals surface area contributed by atoms with Gasteiger partial charge in [0.15, 0.2) is 5.96 Å². The molecule has 112 valence electrons. The van der Waals surface area contributed by atoms with E-state index in [1.54, 1.807) is 6.07 Å². The van der Waals surface area contributed by atoms with Gasteiger partial charge in [0.2, 0.25) is 0 Å². The summed E-state index contributed by atoms with van der Waals surface area (Å²) in [7, 11) is 0. The number of hydrogen-bond acceptors (Lipinski definition) is 2. The molecule has 1 aliphatic heterocycles. The third-order valence-corrected chi connectivity index (χ3v) is 3.72. The van der Waals surface area contributed by atoms with Gasteiger partial charge >= 0.3 is 0 Å². The molecule has 1 saturated heterocycles. The molecule has 2 aromatic rings. The molecule has 5 nitrogen and oxygen atoms in total. The fraction of sp³-hybridized carbons (Fsp3) is 0.400. The zero-order chi connectivity index (χ0) is 14.7. The summed E-state index contributed by atoms with van der Waals surface area (Å²) in [6, 6.07) is 4.78. The lowest BCUT2D eigenvalue weighted by molar-refractivity contribution is 0.0674. The summed E-state index contributed by atoms with van der Waals surface area (Å²) in [4.78, 5) is 9.54. The number of morpholine rings is 1. The molecule has 1 aromatic heterocycles. The fourth-order valence-corrected chi connectivity index (χ4v) is 2.55. The van der Waals surface area contributed by atoms with Crippen LogP contribution in [0.15, 0.2) is 29.4 Å². The zero-order valence-electron chi connectivity index (χ0n) is 11.8. The lowest BCUT2D eigenvalue weighted by atomic mass is 10.1. The molecule has 3 N–H and O–H groups in total. The van der Waals surface area contributed by atoms with Gasteiger partial charge in [-0.1, -0.05) is 0 Å². The summed E-state index contributed by atoms with van der Waals surface area (Å²) >= 11 is 0. The van der Waals surface area contributed by atoms with E-state index < -0.39 is 0 Å². The van der Waals surface area contributed by atoms with Gasteiger partial charge in [-0.3, -0.25) is 4.99 Å². The average molecular weight is 290 g/mol. The Morgan fingerprint density at radius 3 is 3.00 bits per heavy atom. The number of aromatic amines is 1. The van der Waals surface area contributed by atoms with Crippen LogP contribution in [0, 0.1) is 5.82 Å². The van der Waals surface area contributed by atoms with Crippen molar-refractivity contribution in [3.8, 4) is 0 Å². The van der Waals surface area contributed by atoms with E-state index in [2.05, 4.69) is 9.98 Å². The number of benzene rings is 1. The molecule has 6 heteroatoms. The van der Waals surface area contributed by atoms with Crippen LogP contribution in [-0.2, 0) is 11.2 Å². The minimum Gasteiger partial charge on any atom is -0.378 e. The van der Waals surface area contributed by atoms with Crippen molar-refractivity contribution in [3.05, 3.63) is 35.8 Å². The van der Waals surface area contributed by atoms with Crippen LogP contribution >= 0.6 is 0 Å². The molecule has 0 amide bonds. The number of nitrogens with one attached hydrogen (secondary N) is 1. The van der Waals surface area contributed by atoms with Crippen LogP contribution in [0.1, 0.15) is 5.56 Å². The maximum absolute atomic E-state index is 13.1. The highest BCUT2D eigenvalue weighted by Gasteiger charge is 2.12. The van der Waals surface area contributed by atoms with E-state index in [4.69, 9.17) is 10.5 Å². The molecule has 1 aromatic carbocycles. The first-order chi connectivity index (χ1) is 10.2. The monoisotopic (exact) mass is 290 g/mol. The third-order valence-electron chi connectivity index (χ3n) is 3.72. The molecule has 0 aliphatic carbocycles. The number of nitrogens with two attached hydrogens (primary N) is 1. The number of H-pyrrole nitrogens is 1. The number of ether oxygens (including phenoxy) is 1. The van der Waals surface area contributed by atoms with Gasteiger partial charge in [-0.2, -0.15) is 0 Å². The Morgan fingerprint density at radius 1 is 1.38 bits per heavy atom. The van der Waals surface area contributed by atoms with Gasteiger partial charge in [-0.05, 0) is 30.2 Å². The first-order valence-corrected chi connectivity index (χ1v) is 7.12. The molecule has 2 heterocycles. The van der Waals surface area contributed by atoms with E-state index in [0.717, 1.165) is 36.0 Å². The van der Waals surface area contributed by atoms with E-state index in [-0.39, 0.29) is 5.82 Å². The minimum absolute atomic E-state index is 0.231. The summed E-state index contributed by atoms with van der Waals surface area (Å²) in [6.07, 6.45) is 2.68. The Bertz CT molecular complexity index is 646. The van der Waals surface area contributed by atoms with Gasteiger partial charge in [0.05, 0.1) is 13.2 Å². The zero-order valence-corrected chi connectivity index (χ0v) is 11.8. The molecule has 0 bridgehead atoms. The Hall–Kier alpha value is -2.08. The predicted octanol–water partition coefficient (Wildman–Crippen LogP) is 1.50. The lowest BCUT2D eigenvalue weighted by Crippen LogP contribution is -2.44. The van der Waals surface area contributed by atoms with Crippen molar-refractivity contribution in [1.82, 2.24) is 9.88 Å². The molecule has 3 rings (SSSR count). The number of aliphatic imine (C=N–C) groups is 1. The average Bonchev–Trinajstić information content (AvgIpc) is 2.90. The smallest absolute Gasteiger partial charge is 0.191 e. The molecule has 0 radical (unpaired) electrons. The molecular weight excluding hydrogens is 271 g/mol. The SMILES string of the molecule is NC(=NCCc1c[nH]c2cc(F)ccc12)N1CCOCC1. The van der Waals surface area contributed by atoms with Crippen molar-refractivity contribution in [2.45, 2.75) is 6.42 Å². The second-order valence-electron chi connectivity index (χ2n) is 5.09. The van der Waals surface area contributed by atoms with E-state index >= 15 is 0 Å². The summed E-state index contributed by atoms with van der Waals surface area (Å²) in [5.74, 6) is 0.342. The van der Waals surface area contributed by atoms with Crippen LogP contribution in [0.5, 0.6) is 0 Å². The van der Waals surface area contributed by atoms with Crippen LogP contribution in [0.4, 0.5) is 4.39 Å². The normalized spacial score (nSPS) is 16.6. The predicted molar refractivity (Wildman–Crippen MR) is 80.8 cm³/mol. The number of fused-ring (bicyclic) bond motifs is 1. The second-order valence-corrected chi connectivity index (χ2v) is 5.09. The van der Waals surface area contributed by atoms with Crippen molar-refractivity contribution in [2.24, 2.45) is 10.7 Å². The van der Waals surface area contributed by atoms with Crippen LogP contribution in [-0.4, -0.2) is 48.7 Å². The Kier molecular flexibility index (Phi) is 4.06. The maximum Gasteiger partial charge on any atom is 0.191 e. The highest BCUT2D eigenvalue weighted by atomic mass is 19.1. The van der Waals surface area contributed by atoms with Gasteiger partial charge in [-0.25, -0.2) is 4.39 Å². The van der Waals surface area contributed by atoms with E-state index in [1.807, 2.05) is 11.1 Å².